The first kappa shape index (κ1) is 17.4. The second-order valence-corrected chi connectivity index (χ2v) is 4.13. The number of hydrogen-bond donors (Lipinski definition) is 0. The second kappa shape index (κ2) is 6.86. The number of alkyl halides is 3. The fraction of sp³-hybridized carbons (Fsp3) is 0.0667. The molecule has 116 valence electrons. The van der Waals surface area contributed by atoms with Crippen LogP contribution < -0.4 is 4.74 Å². The summed E-state index contributed by atoms with van der Waals surface area (Å²) in [6.07, 6.45) is -4.26. The fourth-order valence-electron chi connectivity index (χ4n) is 1.63. The third-order valence-electron chi connectivity index (χ3n) is 2.64. The predicted octanol–water partition coefficient (Wildman–Crippen LogP) is 3.05. The van der Waals surface area contributed by atoms with Crippen LogP contribution >= 0.6 is 0 Å². The van der Waals surface area contributed by atoms with Crippen LogP contribution in [-0.4, -0.2) is 17.5 Å². The zero-order valence-electron chi connectivity index (χ0n) is 11.1. The van der Waals surface area contributed by atoms with E-state index in [1.165, 1.54) is 36.4 Å². The van der Waals surface area contributed by atoms with E-state index in [1.54, 1.807) is 0 Å². The van der Waals surface area contributed by atoms with Gasteiger partial charge in [-0.15, -0.1) is 0 Å². The van der Waals surface area contributed by atoms with Crippen molar-refractivity contribution in [3.05, 3.63) is 59.7 Å². The molecule has 0 unspecified atom stereocenters. The zero-order valence-corrected chi connectivity index (χ0v) is 11.1. The van der Waals surface area contributed by atoms with Crippen molar-refractivity contribution in [3.63, 3.8) is 0 Å². The lowest BCUT2D eigenvalue weighted by Crippen LogP contribution is -2.04. The molecule has 22 heavy (non-hydrogen) atoms. The molecule has 2 rings (SSSR count). The van der Waals surface area contributed by atoms with Crippen molar-refractivity contribution in [2.45, 2.75) is 6.18 Å². The molecule has 0 aliphatic rings. The van der Waals surface area contributed by atoms with Crippen molar-refractivity contribution in [3.8, 4) is 11.5 Å². The van der Waals surface area contributed by atoms with Gasteiger partial charge in [0.2, 0.25) is 5.78 Å². The summed E-state index contributed by atoms with van der Waals surface area (Å²) in [5, 5.41) is 0. The van der Waals surface area contributed by atoms with Crippen LogP contribution in [0.25, 0.3) is 0 Å². The Morgan fingerprint density at radius 2 is 1.64 bits per heavy atom. The Kier molecular flexibility index (Phi) is 5.42. The van der Waals surface area contributed by atoms with Gasteiger partial charge in [0.05, 0.1) is 5.56 Å². The van der Waals surface area contributed by atoms with E-state index in [1.807, 2.05) is 0 Å². The van der Waals surface area contributed by atoms with Crippen molar-refractivity contribution in [2.75, 3.05) is 0 Å². The molecule has 0 amide bonds. The molecule has 0 saturated heterocycles. The van der Waals surface area contributed by atoms with Gasteiger partial charge in [-0.25, -0.2) is 0 Å². The van der Waals surface area contributed by atoms with E-state index in [2.05, 4.69) is 0 Å². The first-order valence-corrected chi connectivity index (χ1v) is 5.85. The zero-order chi connectivity index (χ0) is 15.5. The number of halogens is 3. The largest absolute Gasteiger partial charge is 0.457 e. The van der Waals surface area contributed by atoms with E-state index in [0.29, 0.717) is 0 Å². The van der Waals surface area contributed by atoms with Gasteiger partial charge in [-0.2, -0.15) is 13.2 Å². The van der Waals surface area contributed by atoms with E-state index in [9.17, 15) is 22.8 Å². The van der Waals surface area contributed by atoms with E-state index >= 15 is 0 Å². The van der Waals surface area contributed by atoms with Crippen LogP contribution in [0.4, 0.5) is 13.2 Å². The van der Waals surface area contributed by atoms with E-state index in [0.717, 1.165) is 12.1 Å². The Hall–Kier alpha value is -2.67. The van der Waals surface area contributed by atoms with Gasteiger partial charge in [-0.3, -0.25) is 9.59 Å². The van der Waals surface area contributed by atoms with Crippen LogP contribution in [0, 0.1) is 0 Å². The molecule has 2 aromatic carbocycles. The number of carbonyl (C=O) groups is 2. The smallest absolute Gasteiger partial charge is 0.416 e. The number of carbonyl (C=O) groups excluding carboxylic acids is 2. The summed E-state index contributed by atoms with van der Waals surface area (Å²) in [5.41, 5.74) is -0.630. The van der Waals surface area contributed by atoms with Crippen LogP contribution in [0.15, 0.2) is 48.5 Å². The van der Waals surface area contributed by atoms with E-state index < -0.39 is 17.5 Å². The van der Waals surface area contributed by atoms with Crippen molar-refractivity contribution in [1.29, 1.82) is 0 Å². The lowest BCUT2D eigenvalue weighted by atomic mass is 10.1. The lowest BCUT2D eigenvalue weighted by Gasteiger charge is -2.10. The third-order valence-corrected chi connectivity index (χ3v) is 2.64. The molecule has 0 bridgehead atoms. The highest BCUT2D eigenvalue weighted by Crippen LogP contribution is 2.32. The molecule has 0 atom stereocenters. The van der Waals surface area contributed by atoms with Crippen LogP contribution in [0.5, 0.6) is 11.5 Å². The van der Waals surface area contributed by atoms with Gasteiger partial charge in [0.15, 0.2) is 6.29 Å². The number of rotatable bonds is 4. The van der Waals surface area contributed by atoms with Gasteiger partial charge in [-0.1, -0.05) is 6.07 Å². The second-order valence-electron chi connectivity index (χ2n) is 4.13. The van der Waals surface area contributed by atoms with Crippen molar-refractivity contribution < 1.29 is 33.0 Å². The minimum Gasteiger partial charge on any atom is -0.457 e. The molecule has 0 fully saturated rings. The molecule has 0 spiro atoms. The molecule has 0 radical (unpaired) electrons. The Labute approximate surface area is 123 Å². The molecular weight excluding hydrogens is 301 g/mol. The van der Waals surface area contributed by atoms with Gasteiger partial charge >= 0.3 is 6.18 Å². The predicted molar refractivity (Wildman–Crippen MR) is 72.0 cm³/mol. The first-order valence-electron chi connectivity index (χ1n) is 5.85. The molecule has 2 N–H and O–H groups in total. The number of aldehydes is 1. The molecule has 0 aromatic heterocycles. The summed E-state index contributed by atoms with van der Waals surface area (Å²) in [4.78, 5) is 21.4. The standard InChI is InChI=1S/C15H9F3O3.H2O/c16-15(17,18)11-2-1-3-13(8-11)21-12-6-4-10(5-7-12)14(20)9-19;/h1-9H;1H2. The van der Waals surface area contributed by atoms with Gasteiger partial charge in [0, 0.05) is 5.56 Å². The monoisotopic (exact) mass is 312 g/mol. The van der Waals surface area contributed by atoms with Crippen molar-refractivity contribution in [2.24, 2.45) is 0 Å². The third kappa shape index (κ3) is 4.16. The molecule has 0 aliphatic heterocycles. The molecular formula is C15H11F3O4. The van der Waals surface area contributed by atoms with Gasteiger partial charge in [-0.05, 0) is 42.5 Å². The molecule has 0 heterocycles. The fourth-order valence-corrected chi connectivity index (χ4v) is 1.63. The number of hydrogen-bond acceptors (Lipinski definition) is 3. The van der Waals surface area contributed by atoms with Gasteiger partial charge < -0.3 is 10.2 Å². The highest BCUT2D eigenvalue weighted by Gasteiger charge is 2.30. The minimum atomic E-state index is -4.44. The summed E-state index contributed by atoms with van der Waals surface area (Å²) in [5.74, 6) is -0.392. The van der Waals surface area contributed by atoms with Crippen LogP contribution in [0.1, 0.15) is 15.9 Å². The maximum atomic E-state index is 12.6. The highest BCUT2D eigenvalue weighted by molar-refractivity contribution is 6.33. The highest BCUT2D eigenvalue weighted by atomic mass is 19.4. The van der Waals surface area contributed by atoms with Crippen LogP contribution in [0.2, 0.25) is 0 Å². The summed E-state index contributed by atoms with van der Waals surface area (Å²) in [6.45, 7) is 0. The Morgan fingerprint density at radius 3 is 2.18 bits per heavy atom. The summed E-state index contributed by atoms with van der Waals surface area (Å²) in [7, 11) is 0. The van der Waals surface area contributed by atoms with Crippen LogP contribution in [-0.2, 0) is 11.0 Å². The molecule has 0 aliphatic carbocycles. The van der Waals surface area contributed by atoms with Gasteiger partial charge in [0.25, 0.3) is 0 Å². The average Bonchev–Trinajstić information content (AvgIpc) is 2.47. The Balaban J connectivity index is 0.00000242. The molecule has 4 nitrogen and oxygen atoms in total. The number of ketones is 1. The summed E-state index contributed by atoms with van der Waals surface area (Å²) >= 11 is 0. The Morgan fingerprint density at radius 1 is 1.00 bits per heavy atom. The average molecular weight is 312 g/mol. The SMILES string of the molecule is O.O=CC(=O)c1ccc(Oc2cccc(C(F)(F)F)c2)cc1. The molecule has 7 heteroatoms. The van der Waals surface area contributed by atoms with E-state index in [-0.39, 0.29) is 28.8 Å². The number of Topliss-reactive ketones (excluding diaryl/α,β-unsaturated/α-hetero) is 1. The topological polar surface area (TPSA) is 74.9 Å². The van der Waals surface area contributed by atoms with Crippen LogP contribution in [0.3, 0.4) is 0 Å². The molecule has 0 saturated carbocycles. The van der Waals surface area contributed by atoms with Gasteiger partial charge in [0.1, 0.15) is 11.5 Å². The number of benzene rings is 2. The summed E-state index contributed by atoms with van der Waals surface area (Å²) < 4.78 is 43.0. The minimum absolute atomic E-state index is 0. The maximum absolute atomic E-state index is 12.6. The normalized spacial score (nSPS) is 10.5. The lowest BCUT2D eigenvalue weighted by molar-refractivity contribution is -0.137. The number of ether oxygens (including phenoxy) is 1. The Bertz CT molecular complexity index is 663. The first-order chi connectivity index (χ1) is 9.90. The quantitative estimate of drug-likeness (QED) is 0.494. The summed E-state index contributed by atoms with van der Waals surface area (Å²) in [6, 6.07) is 9.97. The molecule has 2 aromatic rings. The van der Waals surface area contributed by atoms with Crippen molar-refractivity contribution in [1.82, 2.24) is 0 Å². The maximum Gasteiger partial charge on any atom is 0.416 e. The van der Waals surface area contributed by atoms with Crippen molar-refractivity contribution >= 4 is 12.1 Å². The van der Waals surface area contributed by atoms with E-state index in [4.69, 9.17) is 4.74 Å².